The molecule has 0 spiro atoms. The fourth-order valence-electron chi connectivity index (χ4n) is 0.936. The maximum atomic E-state index is 11.8. The second-order valence-electron chi connectivity index (χ2n) is 3.61. The maximum Gasteiger partial charge on any atom is 0.422 e. The van der Waals surface area contributed by atoms with Gasteiger partial charge in [0, 0.05) is 6.07 Å². The number of hydrogen-bond donors (Lipinski definition) is 0. The largest absolute Gasteiger partial charge is 0.467 e. The minimum absolute atomic E-state index is 0.0944. The van der Waals surface area contributed by atoms with Gasteiger partial charge in [-0.15, -0.1) is 10.2 Å². The van der Waals surface area contributed by atoms with Crippen molar-refractivity contribution in [2.24, 2.45) is 0 Å². The van der Waals surface area contributed by atoms with E-state index in [1.807, 2.05) is 0 Å². The molecule has 0 saturated carbocycles. The van der Waals surface area contributed by atoms with Crippen molar-refractivity contribution in [2.45, 2.75) is 26.1 Å². The van der Waals surface area contributed by atoms with Gasteiger partial charge in [-0.2, -0.15) is 13.2 Å². The molecular formula is C10H11F3N2O3. The van der Waals surface area contributed by atoms with Crippen LogP contribution in [-0.4, -0.2) is 35.1 Å². The monoisotopic (exact) mass is 264 g/mol. The van der Waals surface area contributed by atoms with Gasteiger partial charge in [0.05, 0.1) is 6.10 Å². The summed E-state index contributed by atoms with van der Waals surface area (Å²) in [5.74, 6) is -1.01. The maximum absolute atomic E-state index is 11.8. The first-order chi connectivity index (χ1) is 8.28. The highest BCUT2D eigenvalue weighted by Crippen LogP contribution is 2.16. The molecule has 0 atom stereocenters. The summed E-state index contributed by atoms with van der Waals surface area (Å²) in [6.45, 7) is 1.86. The van der Waals surface area contributed by atoms with E-state index in [0.717, 1.165) is 6.07 Å². The highest BCUT2D eigenvalue weighted by molar-refractivity contribution is 5.87. The lowest BCUT2D eigenvalue weighted by Gasteiger charge is -2.08. The molecule has 5 nitrogen and oxygen atoms in total. The molecule has 0 saturated heterocycles. The van der Waals surface area contributed by atoms with E-state index >= 15 is 0 Å². The second-order valence-corrected chi connectivity index (χ2v) is 3.61. The van der Waals surface area contributed by atoms with Crippen molar-refractivity contribution in [1.82, 2.24) is 10.2 Å². The number of rotatable bonds is 4. The summed E-state index contributed by atoms with van der Waals surface area (Å²) >= 11 is 0. The van der Waals surface area contributed by atoms with Gasteiger partial charge in [-0.25, -0.2) is 4.79 Å². The number of halogens is 3. The molecule has 0 aliphatic rings. The molecule has 0 fully saturated rings. The SMILES string of the molecule is CC(C)OC(=O)c1ccc(OCC(F)(F)F)nn1. The fraction of sp³-hybridized carbons (Fsp3) is 0.500. The number of ether oxygens (including phenoxy) is 2. The van der Waals surface area contributed by atoms with Crippen molar-refractivity contribution in [1.29, 1.82) is 0 Å². The molecule has 0 aliphatic carbocycles. The van der Waals surface area contributed by atoms with E-state index in [4.69, 9.17) is 4.74 Å². The minimum atomic E-state index is -4.45. The van der Waals surface area contributed by atoms with Crippen LogP contribution in [0.25, 0.3) is 0 Å². The standard InChI is InChI=1S/C10H11F3N2O3/c1-6(2)18-9(16)7-3-4-8(15-14-7)17-5-10(11,12)13/h3-4,6H,5H2,1-2H3. The van der Waals surface area contributed by atoms with E-state index in [2.05, 4.69) is 14.9 Å². The summed E-state index contributed by atoms with van der Waals surface area (Å²) in [6.07, 6.45) is -4.77. The lowest BCUT2D eigenvalue weighted by molar-refractivity contribution is -0.154. The molecule has 0 amide bonds. The molecular weight excluding hydrogens is 253 g/mol. The zero-order valence-electron chi connectivity index (χ0n) is 9.69. The van der Waals surface area contributed by atoms with Crippen molar-refractivity contribution >= 4 is 5.97 Å². The number of carbonyl (C=O) groups excluding carboxylic acids is 1. The Labute approximate surface area is 101 Å². The third kappa shape index (κ3) is 4.98. The average Bonchev–Trinajstić information content (AvgIpc) is 2.25. The first-order valence-corrected chi connectivity index (χ1v) is 5.02. The van der Waals surface area contributed by atoms with Crippen LogP contribution in [0.4, 0.5) is 13.2 Å². The molecule has 1 heterocycles. The molecule has 100 valence electrons. The first-order valence-electron chi connectivity index (χ1n) is 5.02. The van der Waals surface area contributed by atoms with E-state index in [9.17, 15) is 18.0 Å². The van der Waals surface area contributed by atoms with Crippen molar-refractivity contribution < 1.29 is 27.4 Å². The predicted octanol–water partition coefficient (Wildman–Crippen LogP) is 1.98. The molecule has 0 radical (unpaired) electrons. The topological polar surface area (TPSA) is 61.3 Å². The van der Waals surface area contributed by atoms with Crippen LogP contribution in [0.15, 0.2) is 12.1 Å². The van der Waals surface area contributed by atoms with E-state index in [1.165, 1.54) is 6.07 Å². The molecule has 8 heteroatoms. The molecule has 0 aliphatic heterocycles. The normalized spacial score (nSPS) is 11.4. The van der Waals surface area contributed by atoms with Gasteiger partial charge in [0.2, 0.25) is 5.88 Å². The Bertz CT molecular complexity index is 404. The van der Waals surface area contributed by atoms with Crippen LogP contribution >= 0.6 is 0 Å². The second kappa shape index (κ2) is 5.65. The van der Waals surface area contributed by atoms with Crippen LogP contribution in [-0.2, 0) is 4.74 Å². The Morgan fingerprint density at radius 2 is 2.00 bits per heavy atom. The summed E-state index contributed by atoms with van der Waals surface area (Å²) in [5, 5.41) is 6.75. The van der Waals surface area contributed by atoms with E-state index in [-0.39, 0.29) is 17.7 Å². The molecule has 0 N–H and O–H groups in total. The van der Waals surface area contributed by atoms with Gasteiger partial charge in [0.25, 0.3) is 0 Å². The number of alkyl halides is 3. The molecule has 1 rings (SSSR count). The van der Waals surface area contributed by atoms with Crippen molar-refractivity contribution in [3.8, 4) is 5.88 Å². The third-order valence-corrected chi connectivity index (χ3v) is 1.58. The van der Waals surface area contributed by atoms with Gasteiger partial charge in [-0.05, 0) is 19.9 Å². The third-order valence-electron chi connectivity index (χ3n) is 1.58. The minimum Gasteiger partial charge on any atom is -0.467 e. The Morgan fingerprint density at radius 1 is 1.33 bits per heavy atom. The summed E-state index contributed by atoms with van der Waals surface area (Å²) < 4.78 is 44.7. The quantitative estimate of drug-likeness (QED) is 0.778. The van der Waals surface area contributed by atoms with Crippen LogP contribution < -0.4 is 4.74 Å². The van der Waals surface area contributed by atoms with Crippen LogP contribution in [0.5, 0.6) is 5.88 Å². The summed E-state index contributed by atoms with van der Waals surface area (Å²) in [5.41, 5.74) is -0.0944. The molecule has 0 aromatic carbocycles. The summed E-state index contributed by atoms with van der Waals surface area (Å²) in [7, 11) is 0. The molecule has 0 unspecified atom stereocenters. The first kappa shape index (κ1) is 14.2. The van der Waals surface area contributed by atoms with Gasteiger partial charge in [0.1, 0.15) is 0 Å². The van der Waals surface area contributed by atoms with Gasteiger partial charge >= 0.3 is 12.1 Å². The van der Waals surface area contributed by atoms with Crippen LogP contribution in [0.2, 0.25) is 0 Å². The van der Waals surface area contributed by atoms with Crippen LogP contribution in [0.1, 0.15) is 24.3 Å². The number of carbonyl (C=O) groups is 1. The van der Waals surface area contributed by atoms with Crippen LogP contribution in [0.3, 0.4) is 0 Å². The molecule has 1 aromatic heterocycles. The molecule has 0 bridgehead atoms. The number of hydrogen-bond acceptors (Lipinski definition) is 5. The van der Waals surface area contributed by atoms with E-state index in [0.29, 0.717) is 0 Å². The Hall–Kier alpha value is -1.86. The fourth-order valence-corrected chi connectivity index (χ4v) is 0.936. The highest BCUT2D eigenvalue weighted by Gasteiger charge is 2.28. The average molecular weight is 264 g/mol. The molecule has 18 heavy (non-hydrogen) atoms. The smallest absolute Gasteiger partial charge is 0.422 e. The van der Waals surface area contributed by atoms with Gasteiger partial charge in [-0.1, -0.05) is 0 Å². The van der Waals surface area contributed by atoms with E-state index < -0.39 is 18.8 Å². The zero-order valence-corrected chi connectivity index (χ0v) is 9.69. The number of nitrogens with zero attached hydrogens (tertiary/aromatic N) is 2. The van der Waals surface area contributed by atoms with E-state index in [1.54, 1.807) is 13.8 Å². The summed E-state index contributed by atoms with van der Waals surface area (Å²) in [4.78, 5) is 11.3. The predicted molar refractivity (Wildman–Crippen MR) is 54.1 cm³/mol. The zero-order chi connectivity index (χ0) is 13.8. The summed E-state index contributed by atoms with van der Waals surface area (Å²) in [6, 6.07) is 2.30. The number of esters is 1. The van der Waals surface area contributed by atoms with Crippen molar-refractivity contribution in [2.75, 3.05) is 6.61 Å². The van der Waals surface area contributed by atoms with Gasteiger partial charge < -0.3 is 9.47 Å². The van der Waals surface area contributed by atoms with Gasteiger partial charge in [-0.3, -0.25) is 0 Å². The van der Waals surface area contributed by atoms with Gasteiger partial charge in [0.15, 0.2) is 12.3 Å². The number of aromatic nitrogens is 2. The Kier molecular flexibility index (Phi) is 4.46. The highest BCUT2D eigenvalue weighted by atomic mass is 19.4. The lowest BCUT2D eigenvalue weighted by Crippen LogP contribution is -2.20. The Balaban J connectivity index is 2.60. The van der Waals surface area contributed by atoms with Crippen molar-refractivity contribution in [3.05, 3.63) is 17.8 Å². The Morgan fingerprint density at radius 3 is 2.44 bits per heavy atom. The van der Waals surface area contributed by atoms with Crippen LogP contribution in [0, 0.1) is 0 Å². The molecule has 1 aromatic rings. The van der Waals surface area contributed by atoms with Crippen molar-refractivity contribution in [3.63, 3.8) is 0 Å². The lowest BCUT2D eigenvalue weighted by atomic mass is 10.4.